The average molecular weight is 394 g/mol. The Kier molecular flexibility index (Phi) is 5.07. The number of aromatic amines is 1. The third-order valence-electron chi connectivity index (χ3n) is 4.73. The number of thiophene rings is 1. The molecule has 6 heteroatoms. The number of phenols is 1. The van der Waals surface area contributed by atoms with Crippen molar-refractivity contribution in [2.24, 2.45) is 0 Å². The fourth-order valence-corrected chi connectivity index (χ4v) is 4.21. The molecular weight excluding hydrogens is 372 g/mol. The predicted molar refractivity (Wildman–Crippen MR) is 116 cm³/mol. The zero-order chi connectivity index (χ0) is 19.7. The number of fused-ring (bicyclic) bond motifs is 3. The first-order chi connectivity index (χ1) is 13.5. The summed E-state index contributed by atoms with van der Waals surface area (Å²) in [6.07, 6.45) is 0.961. The van der Waals surface area contributed by atoms with Crippen molar-refractivity contribution in [2.75, 3.05) is 27.2 Å². The maximum atomic E-state index is 12.3. The smallest absolute Gasteiger partial charge is 0.266 e. The van der Waals surface area contributed by atoms with E-state index in [4.69, 9.17) is 4.74 Å². The Morgan fingerprint density at radius 2 is 1.89 bits per heavy atom. The van der Waals surface area contributed by atoms with Gasteiger partial charge < -0.3 is 19.7 Å². The fourth-order valence-electron chi connectivity index (χ4n) is 3.42. The molecule has 0 aliphatic rings. The highest BCUT2D eigenvalue weighted by Gasteiger charge is 2.15. The third kappa shape index (κ3) is 3.48. The maximum absolute atomic E-state index is 12.3. The molecule has 0 bridgehead atoms. The molecule has 0 amide bonds. The summed E-state index contributed by atoms with van der Waals surface area (Å²) in [6, 6.07) is 13.0. The molecule has 0 atom stereocenters. The van der Waals surface area contributed by atoms with Crippen LogP contribution in [-0.4, -0.2) is 42.2 Å². The zero-order valence-electron chi connectivity index (χ0n) is 15.9. The van der Waals surface area contributed by atoms with E-state index in [-0.39, 0.29) is 11.3 Å². The number of rotatable bonds is 6. The Balaban J connectivity index is 1.72. The van der Waals surface area contributed by atoms with Gasteiger partial charge in [-0.05, 0) is 61.8 Å². The largest absolute Gasteiger partial charge is 0.507 e. The maximum Gasteiger partial charge on any atom is 0.266 e. The van der Waals surface area contributed by atoms with Crippen molar-refractivity contribution in [3.05, 3.63) is 58.2 Å². The van der Waals surface area contributed by atoms with Crippen LogP contribution < -0.4 is 10.3 Å². The minimum absolute atomic E-state index is 0.101. The standard InChI is InChI=1S/C22H22N2O3S/c1-24(2)11-3-12-27-15-6-4-14(5-7-15)19-18(25)9-8-17-20(19)16-10-13-28-21(16)22(26)23-17/h4-10,13,25H,3,11-12H2,1-2H3,(H,23,26). The van der Waals surface area contributed by atoms with Gasteiger partial charge in [0.2, 0.25) is 0 Å². The van der Waals surface area contributed by atoms with Gasteiger partial charge in [0.25, 0.3) is 5.56 Å². The number of H-pyrrole nitrogens is 1. The Morgan fingerprint density at radius 3 is 2.64 bits per heavy atom. The van der Waals surface area contributed by atoms with Crippen LogP contribution in [0.15, 0.2) is 52.6 Å². The van der Waals surface area contributed by atoms with E-state index >= 15 is 0 Å². The summed E-state index contributed by atoms with van der Waals surface area (Å²) in [7, 11) is 4.09. The van der Waals surface area contributed by atoms with Crippen molar-refractivity contribution >= 4 is 32.3 Å². The summed E-state index contributed by atoms with van der Waals surface area (Å²) < 4.78 is 6.47. The van der Waals surface area contributed by atoms with Crippen LogP contribution in [-0.2, 0) is 0 Å². The van der Waals surface area contributed by atoms with Crippen LogP contribution in [0, 0.1) is 0 Å². The second-order valence-electron chi connectivity index (χ2n) is 7.03. The summed E-state index contributed by atoms with van der Waals surface area (Å²) in [5.41, 5.74) is 2.21. The topological polar surface area (TPSA) is 65.6 Å². The minimum Gasteiger partial charge on any atom is -0.507 e. The summed E-state index contributed by atoms with van der Waals surface area (Å²) in [6.45, 7) is 1.64. The molecule has 2 N–H and O–H groups in total. The minimum atomic E-state index is -0.101. The molecule has 2 heterocycles. The highest BCUT2D eigenvalue weighted by Crippen LogP contribution is 2.40. The van der Waals surface area contributed by atoms with Crippen LogP contribution in [0.5, 0.6) is 11.5 Å². The van der Waals surface area contributed by atoms with Gasteiger partial charge in [-0.15, -0.1) is 11.3 Å². The summed E-state index contributed by atoms with van der Waals surface area (Å²) in [5.74, 6) is 0.989. The normalized spacial score (nSPS) is 11.5. The second kappa shape index (κ2) is 7.66. The van der Waals surface area contributed by atoms with E-state index < -0.39 is 0 Å². The quantitative estimate of drug-likeness (QED) is 0.474. The molecule has 28 heavy (non-hydrogen) atoms. The number of ether oxygens (including phenoxy) is 1. The van der Waals surface area contributed by atoms with Crippen molar-refractivity contribution in [1.29, 1.82) is 0 Å². The zero-order valence-corrected chi connectivity index (χ0v) is 16.7. The van der Waals surface area contributed by atoms with Crippen LogP contribution in [0.4, 0.5) is 0 Å². The number of aromatic nitrogens is 1. The van der Waals surface area contributed by atoms with E-state index in [1.54, 1.807) is 12.1 Å². The van der Waals surface area contributed by atoms with E-state index in [1.807, 2.05) is 49.8 Å². The number of aromatic hydroxyl groups is 1. The van der Waals surface area contributed by atoms with E-state index in [0.717, 1.165) is 40.6 Å². The molecule has 4 aromatic rings. The number of nitrogens with one attached hydrogen (secondary N) is 1. The average Bonchev–Trinajstić information content (AvgIpc) is 3.17. The number of hydrogen-bond acceptors (Lipinski definition) is 5. The predicted octanol–water partition coefficient (Wildman–Crippen LogP) is 4.45. The van der Waals surface area contributed by atoms with Gasteiger partial charge in [0.05, 0.1) is 6.61 Å². The Hall–Kier alpha value is -2.83. The monoisotopic (exact) mass is 394 g/mol. The van der Waals surface area contributed by atoms with Gasteiger partial charge in [-0.25, -0.2) is 0 Å². The van der Waals surface area contributed by atoms with E-state index in [9.17, 15) is 9.90 Å². The molecule has 0 spiro atoms. The fraction of sp³-hybridized carbons (Fsp3) is 0.227. The summed E-state index contributed by atoms with van der Waals surface area (Å²) in [5, 5.41) is 14.2. The molecule has 0 unspecified atom stereocenters. The van der Waals surface area contributed by atoms with Gasteiger partial charge in [0.15, 0.2) is 0 Å². The lowest BCUT2D eigenvalue weighted by Crippen LogP contribution is -2.15. The molecule has 0 saturated carbocycles. The van der Waals surface area contributed by atoms with Crippen molar-refractivity contribution in [2.45, 2.75) is 6.42 Å². The first-order valence-electron chi connectivity index (χ1n) is 9.18. The van der Waals surface area contributed by atoms with Crippen LogP contribution >= 0.6 is 11.3 Å². The van der Waals surface area contributed by atoms with Gasteiger partial charge >= 0.3 is 0 Å². The molecule has 2 aromatic heterocycles. The molecular formula is C22H22N2O3S. The molecule has 5 nitrogen and oxygen atoms in total. The highest BCUT2D eigenvalue weighted by molar-refractivity contribution is 7.17. The number of benzene rings is 2. The Labute approximate surface area is 166 Å². The molecule has 0 aliphatic heterocycles. The molecule has 0 radical (unpaired) electrons. The molecule has 144 valence electrons. The Bertz CT molecular complexity index is 1180. The summed E-state index contributed by atoms with van der Waals surface area (Å²) >= 11 is 1.41. The molecule has 0 saturated heterocycles. The van der Waals surface area contributed by atoms with E-state index in [2.05, 4.69) is 9.88 Å². The van der Waals surface area contributed by atoms with Crippen molar-refractivity contribution in [1.82, 2.24) is 9.88 Å². The first kappa shape index (κ1) is 18.5. The SMILES string of the molecule is CN(C)CCCOc1ccc(-c2c(O)ccc3[nH]c(=O)c4sccc4c23)cc1. The Morgan fingerprint density at radius 1 is 1.11 bits per heavy atom. The number of nitrogens with zero attached hydrogens (tertiary/aromatic N) is 1. The first-order valence-corrected chi connectivity index (χ1v) is 10.1. The van der Waals surface area contributed by atoms with Crippen LogP contribution in [0.3, 0.4) is 0 Å². The van der Waals surface area contributed by atoms with Gasteiger partial charge in [0, 0.05) is 28.4 Å². The lowest BCUT2D eigenvalue weighted by Gasteiger charge is -2.12. The van der Waals surface area contributed by atoms with Crippen LogP contribution in [0.25, 0.3) is 32.1 Å². The van der Waals surface area contributed by atoms with Gasteiger partial charge in [-0.2, -0.15) is 0 Å². The molecule has 4 rings (SSSR count). The lowest BCUT2D eigenvalue weighted by molar-refractivity contribution is 0.281. The third-order valence-corrected chi connectivity index (χ3v) is 5.65. The highest BCUT2D eigenvalue weighted by atomic mass is 32.1. The lowest BCUT2D eigenvalue weighted by atomic mass is 9.97. The van der Waals surface area contributed by atoms with Gasteiger partial charge in [0.1, 0.15) is 16.2 Å². The molecule has 2 aromatic carbocycles. The molecule has 0 fully saturated rings. The molecule has 0 aliphatic carbocycles. The summed E-state index contributed by atoms with van der Waals surface area (Å²) in [4.78, 5) is 17.3. The van der Waals surface area contributed by atoms with Crippen LogP contribution in [0.2, 0.25) is 0 Å². The number of phenolic OH excluding ortho intramolecular Hbond substituents is 1. The number of hydrogen-bond donors (Lipinski definition) is 2. The van der Waals surface area contributed by atoms with Crippen molar-refractivity contribution in [3.63, 3.8) is 0 Å². The van der Waals surface area contributed by atoms with Crippen molar-refractivity contribution in [3.8, 4) is 22.6 Å². The second-order valence-corrected chi connectivity index (χ2v) is 7.95. The van der Waals surface area contributed by atoms with Gasteiger partial charge in [-0.3, -0.25) is 4.79 Å². The van der Waals surface area contributed by atoms with Crippen LogP contribution in [0.1, 0.15) is 6.42 Å². The van der Waals surface area contributed by atoms with Crippen molar-refractivity contribution < 1.29 is 9.84 Å². The number of pyridine rings is 1. The van der Waals surface area contributed by atoms with E-state index in [1.165, 1.54) is 11.3 Å². The van der Waals surface area contributed by atoms with E-state index in [0.29, 0.717) is 16.8 Å². The van der Waals surface area contributed by atoms with Gasteiger partial charge in [-0.1, -0.05) is 12.1 Å².